The lowest BCUT2D eigenvalue weighted by Gasteiger charge is -2.28. The van der Waals surface area contributed by atoms with Gasteiger partial charge in [-0.05, 0) is 25.8 Å². The number of likely N-dealkylation sites (tertiary alicyclic amines) is 1. The second-order valence-electron chi connectivity index (χ2n) is 3.90. The van der Waals surface area contributed by atoms with Crippen molar-refractivity contribution in [3.05, 3.63) is 23.7 Å². The predicted octanol–water partition coefficient (Wildman–Crippen LogP) is 2.59. The average Bonchev–Trinajstić information content (AvgIpc) is 2.65. The number of hydrogen-bond acceptors (Lipinski definition) is 2. The first-order valence-electron chi connectivity index (χ1n) is 5.16. The molecule has 2 heterocycles. The van der Waals surface area contributed by atoms with Crippen LogP contribution in [-0.2, 0) is 0 Å². The van der Waals surface area contributed by atoms with E-state index in [2.05, 4.69) is 15.9 Å². The van der Waals surface area contributed by atoms with Crippen molar-refractivity contribution < 1.29 is 9.21 Å². The van der Waals surface area contributed by atoms with E-state index < -0.39 is 0 Å². The summed E-state index contributed by atoms with van der Waals surface area (Å²) in [5, 5.41) is 0. The molecule has 1 aliphatic heterocycles. The fraction of sp³-hybridized carbons (Fsp3) is 0.545. The maximum absolute atomic E-state index is 12.0. The molecule has 1 aromatic rings. The van der Waals surface area contributed by atoms with Gasteiger partial charge in [0.1, 0.15) is 0 Å². The van der Waals surface area contributed by atoms with Gasteiger partial charge in [-0.15, -0.1) is 0 Å². The fourth-order valence-electron chi connectivity index (χ4n) is 1.79. The van der Waals surface area contributed by atoms with Crippen LogP contribution in [0.3, 0.4) is 0 Å². The summed E-state index contributed by atoms with van der Waals surface area (Å²) in [5.74, 6) is 0.514. The molecule has 1 fully saturated rings. The Morgan fingerprint density at radius 3 is 2.73 bits per heavy atom. The molecule has 2 rings (SSSR count). The van der Waals surface area contributed by atoms with Crippen molar-refractivity contribution >= 4 is 21.8 Å². The van der Waals surface area contributed by atoms with Gasteiger partial charge in [0.2, 0.25) is 0 Å². The minimum Gasteiger partial charge on any atom is -0.459 e. The molecular weight excluding hydrogens is 258 g/mol. The van der Waals surface area contributed by atoms with E-state index in [1.165, 1.54) is 0 Å². The van der Waals surface area contributed by atoms with Crippen LogP contribution in [0.2, 0.25) is 0 Å². The lowest BCUT2D eigenvalue weighted by atomic mass is 10.1. The van der Waals surface area contributed by atoms with Gasteiger partial charge in [-0.1, -0.05) is 15.9 Å². The SMILES string of the molecule is Cc1ccoc1C(=O)N1CCC(Br)CC1. The second-order valence-corrected chi connectivity index (χ2v) is 5.19. The van der Waals surface area contributed by atoms with E-state index in [0.29, 0.717) is 10.6 Å². The molecule has 3 nitrogen and oxygen atoms in total. The monoisotopic (exact) mass is 271 g/mol. The van der Waals surface area contributed by atoms with E-state index in [-0.39, 0.29) is 5.91 Å². The van der Waals surface area contributed by atoms with Gasteiger partial charge in [0.05, 0.1) is 6.26 Å². The highest BCUT2D eigenvalue weighted by molar-refractivity contribution is 9.09. The van der Waals surface area contributed by atoms with E-state index in [1.54, 1.807) is 6.26 Å². The van der Waals surface area contributed by atoms with Crippen LogP contribution in [0.25, 0.3) is 0 Å². The van der Waals surface area contributed by atoms with Crippen LogP contribution in [0.1, 0.15) is 29.0 Å². The standard InChI is InChI=1S/C11H14BrNO2/c1-8-4-7-15-10(8)11(14)13-5-2-9(12)3-6-13/h4,7,9H,2-3,5-6H2,1H3. The minimum absolute atomic E-state index is 0.0249. The molecule has 0 unspecified atom stereocenters. The van der Waals surface area contributed by atoms with E-state index in [9.17, 15) is 4.79 Å². The summed E-state index contributed by atoms with van der Waals surface area (Å²) in [4.78, 5) is 14.4. The number of amides is 1. The van der Waals surface area contributed by atoms with Crippen LogP contribution >= 0.6 is 15.9 Å². The topological polar surface area (TPSA) is 33.5 Å². The third-order valence-corrected chi connectivity index (χ3v) is 3.68. The zero-order valence-electron chi connectivity index (χ0n) is 8.70. The van der Waals surface area contributed by atoms with Crippen molar-refractivity contribution in [1.29, 1.82) is 0 Å². The Labute approximate surface area is 97.6 Å². The summed E-state index contributed by atoms with van der Waals surface area (Å²) in [6.45, 7) is 3.53. The molecule has 0 saturated carbocycles. The number of carbonyl (C=O) groups is 1. The summed E-state index contributed by atoms with van der Waals surface area (Å²) in [7, 11) is 0. The molecule has 15 heavy (non-hydrogen) atoms. The number of halogens is 1. The molecule has 1 saturated heterocycles. The summed E-state index contributed by atoms with van der Waals surface area (Å²) in [5.41, 5.74) is 0.918. The van der Waals surface area contributed by atoms with Gasteiger partial charge < -0.3 is 9.32 Å². The van der Waals surface area contributed by atoms with Crippen molar-refractivity contribution in [2.24, 2.45) is 0 Å². The highest BCUT2D eigenvalue weighted by Gasteiger charge is 2.24. The first-order valence-corrected chi connectivity index (χ1v) is 6.07. The Hall–Kier alpha value is -0.770. The van der Waals surface area contributed by atoms with Crippen LogP contribution in [0.4, 0.5) is 0 Å². The number of rotatable bonds is 1. The first-order chi connectivity index (χ1) is 7.18. The third kappa shape index (κ3) is 2.25. The van der Waals surface area contributed by atoms with Gasteiger partial charge in [0.25, 0.3) is 5.91 Å². The number of nitrogens with zero attached hydrogens (tertiary/aromatic N) is 1. The Kier molecular flexibility index (Phi) is 3.14. The van der Waals surface area contributed by atoms with Crippen LogP contribution in [0.15, 0.2) is 16.7 Å². The second kappa shape index (κ2) is 4.39. The maximum atomic E-state index is 12.0. The molecule has 0 radical (unpaired) electrons. The van der Waals surface area contributed by atoms with E-state index in [4.69, 9.17) is 4.42 Å². The van der Waals surface area contributed by atoms with Crippen molar-refractivity contribution in [3.63, 3.8) is 0 Å². The fourth-order valence-corrected chi connectivity index (χ4v) is 2.20. The molecular formula is C11H14BrNO2. The lowest BCUT2D eigenvalue weighted by Crippen LogP contribution is -2.38. The van der Waals surface area contributed by atoms with Gasteiger partial charge in [-0.3, -0.25) is 4.79 Å². The molecule has 0 spiro atoms. The molecule has 0 bridgehead atoms. The largest absolute Gasteiger partial charge is 0.459 e. The van der Waals surface area contributed by atoms with Crippen molar-refractivity contribution in [2.45, 2.75) is 24.6 Å². The van der Waals surface area contributed by atoms with Gasteiger partial charge in [-0.25, -0.2) is 0 Å². The number of aryl methyl sites for hydroxylation is 1. The molecule has 82 valence electrons. The molecule has 0 N–H and O–H groups in total. The highest BCUT2D eigenvalue weighted by atomic mass is 79.9. The predicted molar refractivity (Wildman–Crippen MR) is 61.3 cm³/mol. The minimum atomic E-state index is 0.0249. The number of carbonyl (C=O) groups excluding carboxylic acids is 1. The molecule has 1 aromatic heterocycles. The lowest BCUT2D eigenvalue weighted by molar-refractivity contribution is 0.0695. The Balaban J connectivity index is 2.06. The zero-order valence-corrected chi connectivity index (χ0v) is 10.3. The van der Waals surface area contributed by atoms with Crippen LogP contribution in [0, 0.1) is 6.92 Å². The van der Waals surface area contributed by atoms with Gasteiger partial charge in [-0.2, -0.15) is 0 Å². The number of furan rings is 1. The number of piperidine rings is 1. The zero-order chi connectivity index (χ0) is 10.8. The number of alkyl halides is 1. The molecule has 4 heteroatoms. The van der Waals surface area contributed by atoms with Crippen LogP contribution in [0.5, 0.6) is 0 Å². The summed E-state index contributed by atoms with van der Waals surface area (Å²) >= 11 is 3.57. The summed E-state index contributed by atoms with van der Waals surface area (Å²) in [6.07, 6.45) is 3.61. The Morgan fingerprint density at radius 1 is 1.53 bits per heavy atom. The van der Waals surface area contributed by atoms with Crippen LogP contribution < -0.4 is 0 Å². The Morgan fingerprint density at radius 2 is 2.20 bits per heavy atom. The number of hydrogen-bond donors (Lipinski definition) is 0. The van der Waals surface area contributed by atoms with Gasteiger partial charge in [0.15, 0.2) is 5.76 Å². The quantitative estimate of drug-likeness (QED) is 0.736. The first kappa shape index (κ1) is 10.7. The van der Waals surface area contributed by atoms with Crippen molar-refractivity contribution in [2.75, 3.05) is 13.1 Å². The Bertz CT molecular complexity index is 353. The molecule has 0 atom stereocenters. The molecule has 0 aromatic carbocycles. The summed E-state index contributed by atoms with van der Waals surface area (Å²) < 4.78 is 5.20. The highest BCUT2D eigenvalue weighted by Crippen LogP contribution is 2.20. The maximum Gasteiger partial charge on any atom is 0.289 e. The van der Waals surface area contributed by atoms with E-state index in [0.717, 1.165) is 31.5 Å². The van der Waals surface area contributed by atoms with Crippen molar-refractivity contribution in [1.82, 2.24) is 4.90 Å². The molecule has 1 amide bonds. The van der Waals surface area contributed by atoms with E-state index >= 15 is 0 Å². The molecule has 0 aliphatic carbocycles. The smallest absolute Gasteiger partial charge is 0.289 e. The third-order valence-electron chi connectivity index (χ3n) is 2.77. The normalized spacial score (nSPS) is 18.1. The van der Waals surface area contributed by atoms with E-state index in [1.807, 2.05) is 17.9 Å². The van der Waals surface area contributed by atoms with Gasteiger partial charge >= 0.3 is 0 Å². The van der Waals surface area contributed by atoms with Gasteiger partial charge in [0, 0.05) is 23.5 Å². The molecule has 1 aliphatic rings. The van der Waals surface area contributed by atoms with Crippen LogP contribution in [-0.4, -0.2) is 28.7 Å². The van der Waals surface area contributed by atoms with Crippen molar-refractivity contribution in [3.8, 4) is 0 Å². The average molecular weight is 272 g/mol. The summed E-state index contributed by atoms with van der Waals surface area (Å²) in [6, 6.07) is 1.82.